The molecule has 0 aliphatic carbocycles. The molecule has 0 amide bonds. The molecule has 1 rings (SSSR count). The molecule has 0 aliphatic heterocycles. The summed E-state index contributed by atoms with van der Waals surface area (Å²) < 4.78 is 35.8. The summed E-state index contributed by atoms with van der Waals surface area (Å²) in [5.74, 6) is 0. The van der Waals surface area contributed by atoms with Gasteiger partial charge in [0.25, 0.3) is 0 Å². The van der Waals surface area contributed by atoms with Crippen molar-refractivity contribution in [3.05, 3.63) is 29.3 Å². The first kappa shape index (κ1) is 12.8. The number of benzene rings is 1. The highest BCUT2D eigenvalue weighted by Crippen LogP contribution is 2.19. The molecule has 3 N–H and O–H groups in total. The number of halogens is 3. The molecule has 0 spiro atoms. The fourth-order valence-corrected chi connectivity index (χ4v) is 1.48. The van der Waals surface area contributed by atoms with Crippen LogP contribution in [-0.2, 0) is 0 Å². The van der Waals surface area contributed by atoms with Crippen molar-refractivity contribution < 1.29 is 13.2 Å². The average Bonchev–Trinajstić information content (AvgIpc) is 2.13. The van der Waals surface area contributed by atoms with Crippen LogP contribution in [0.1, 0.15) is 11.1 Å². The maximum atomic E-state index is 11.9. The third-order valence-corrected chi connectivity index (χ3v) is 2.20. The molecule has 0 fully saturated rings. The number of aryl methyl sites for hydroxylation is 1. The SMILES string of the molecule is Cc1cc(NCC(F)(F)F)ccc1C(N)=S. The molecule has 0 saturated carbocycles. The van der Waals surface area contributed by atoms with E-state index in [2.05, 4.69) is 5.32 Å². The van der Waals surface area contributed by atoms with Crippen LogP contribution in [0.3, 0.4) is 0 Å². The minimum atomic E-state index is -4.23. The van der Waals surface area contributed by atoms with Crippen molar-refractivity contribution in [1.29, 1.82) is 0 Å². The van der Waals surface area contributed by atoms with Crippen LogP contribution in [-0.4, -0.2) is 17.7 Å². The van der Waals surface area contributed by atoms with Crippen molar-refractivity contribution in [1.82, 2.24) is 0 Å². The zero-order valence-electron chi connectivity index (χ0n) is 8.56. The van der Waals surface area contributed by atoms with Crippen LogP contribution in [0.15, 0.2) is 18.2 Å². The molecule has 0 unspecified atom stereocenters. The largest absolute Gasteiger partial charge is 0.405 e. The molecular formula is C10H11F3N2S. The van der Waals surface area contributed by atoms with Gasteiger partial charge in [0.05, 0.1) is 0 Å². The fourth-order valence-electron chi connectivity index (χ4n) is 1.25. The van der Waals surface area contributed by atoms with E-state index in [1.807, 2.05) is 0 Å². The summed E-state index contributed by atoms with van der Waals surface area (Å²) in [6.45, 7) is 0.687. The number of hydrogen-bond acceptors (Lipinski definition) is 2. The van der Waals surface area contributed by atoms with Gasteiger partial charge in [-0.05, 0) is 30.7 Å². The predicted molar refractivity (Wildman–Crippen MR) is 61.6 cm³/mol. The van der Waals surface area contributed by atoms with Crippen molar-refractivity contribution >= 4 is 22.9 Å². The van der Waals surface area contributed by atoms with E-state index in [0.717, 1.165) is 5.56 Å². The minimum Gasteiger partial charge on any atom is -0.389 e. The van der Waals surface area contributed by atoms with E-state index in [4.69, 9.17) is 18.0 Å². The molecule has 1 aromatic rings. The Hall–Kier alpha value is -1.30. The number of alkyl halides is 3. The van der Waals surface area contributed by atoms with Crippen molar-refractivity contribution in [3.8, 4) is 0 Å². The molecule has 0 radical (unpaired) electrons. The molecule has 2 nitrogen and oxygen atoms in total. The lowest BCUT2D eigenvalue weighted by molar-refractivity contribution is -0.115. The Balaban J connectivity index is 2.78. The normalized spacial score (nSPS) is 11.2. The molecule has 0 bridgehead atoms. The molecule has 0 aromatic heterocycles. The van der Waals surface area contributed by atoms with Crippen LogP contribution in [0.4, 0.5) is 18.9 Å². The van der Waals surface area contributed by atoms with Crippen LogP contribution < -0.4 is 11.1 Å². The summed E-state index contributed by atoms with van der Waals surface area (Å²) in [6.07, 6.45) is -4.23. The topological polar surface area (TPSA) is 38.0 Å². The molecule has 88 valence electrons. The summed E-state index contributed by atoms with van der Waals surface area (Å²) in [6, 6.07) is 4.71. The highest BCUT2D eigenvalue weighted by Gasteiger charge is 2.26. The highest BCUT2D eigenvalue weighted by atomic mass is 32.1. The van der Waals surface area contributed by atoms with Gasteiger partial charge in [-0.3, -0.25) is 0 Å². The number of nitrogens with two attached hydrogens (primary N) is 1. The van der Waals surface area contributed by atoms with Gasteiger partial charge < -0.3 is 11.1 Å². The van der Waals surface area contributed by atoms with Crippen molar-refractivity contribution in [2.45, 2.75) is 13.1 Å². The van der Waals surface area contributed by atoms with Crippen LogP contribution in [0.25, 0.3) is 0 Å². The monoisotopic (exact) mass is 248 g/mol. The van der Waals surface area contributed by atoms with E-state index < -0.39 is 12.7 Å². The molecule has 0 aliphatic rings. The van der Waals surface area contributed by atoms with Crippen molar-refractivity contribution in [2.24, 2.45) is 5.73 Å². The molecular weight excluding hydrogens is 237 g/mol. The summed E-state index contributed by atoms with van der Waals surface area (Å²) in [7, 11) is 0. The van der Waals surface area contributed by atoms with Gasteiger partial charge >= 0.3 is 6.18 Å². The van der Waals surface area contributed by atoms with E-state index in [9.17, 15) is 13.2 Å². The Labute approximate surface area is 96.6 Å². The first-order valence-corrected chi connectivity index (χ1v) is 4.91. The Morgan fingerprint density at radius 1 is 1.44 bits per heavy atom. The predicted octanol–water partition coefficient (Wildman–Crippen LogP) is 2.60. The second kappa shape index (κ2) is 4.69. The van der Waals surface area contributed by atoms with Crippen LogP contribution in [0, 0.1) is 6.92 Å². The number of rotatable bonds is 3. The summed E-state index contributed by atoms with van der Waals surface area (Å²) in [4.78, 5) is 0.236. The lowest BCUT2D eigenvalue weighted by Gasteiger charge is -2.11. The molecule has 6 heteroatoms. The minimum absolute atomic E-state index is 0.236. The third-order valence-electron chi connectivity index (χ3n) is 1.98. The van der Waals surface area contributed by atoms with Gasteiger partial charge in [-0.2, -0.15) is 13.2 Å². The maximum absolute atomic E-state index is 11.9. The number of anilines is 1. The first-order chi connectivity index (χ1) is 7.29. The van der Waals surface area contributed by atoms with Crippen LogP contribution in [0.2, 0.25) is 0 Å². The summed E-state index contributed by atoms with van der Waals surface area (Å²) in [5, 5.41) is 2.28. The molecule has 16 heavy (non-hydrogen) atoms. The number of nitrogens with one attached hydrogen (secondary N) is 1. The van der Waals surface area contributed by atoms with E-state index in [-0.39, 0.29) is 4.99 Å². The lowest BCUT2D eigenvalue weighted by atomic mass is 10.1. The highest BCUT2D eigenvalue weighted by molar-refractivity contribution is 7.80. The second-order valence-corrected chi connectivity index (χ2v) is 3.80. The molecule has 1 aromatic carbocycles. The van der Waals surface area contributed by atoms with E-state index in [1.54, 1.807) is 19.1 Å². The zero-order chi connectivity index (χ0) is 12.3. The Bertz CT molecular complexity index is 402. The smallest absolute Gasteiger partial charge is 0.389 e. The molecule has 0 heterocycles. The molecule has 0 saturated heterocycles. The number of thiocarbonyl (C=S) groups is 1. The lowest BCUT2D eigenvalue weighted by Crippen LogP contribution is -2.21. The standard InChI is InChI=1S/C10H11F3N2S/c1-6-4-7(15-5-10(11,12)13)2-3-8(6)9(14)16/h2-4,15H,5H2,1H3,(H2,14,16). The van der Waals surface area contributed by atoms with Gasteiger partial charge in [-0.15, -0.1) is 0 Å². The molecule has 0 atom stereocenters. The van der Waals surface area contributed by atoms with Gasteiger partial charge in [0.15, 0.2) is 0 Å². The van der Waals surface area contributed by atoms with Crippen molar-refractivity contribution in [2.75, 3.05) is 11.9 Å². The van der Waals surface area contributed by atoms with Crippen LogP contribution >= 0.6 is 12.2 Å². The quantitative estimate of drug-likeness (QED) is 0.807. The van der Waals surface area contributed by atoms with Gasteiger partial charge in [-0.1, -0.05) is 12.2 Å². The van der Waals surface area contributed by atoms with Gasteiger partial charge in [0.1, 0.15) is 11.5 Å². The van der Waals surface area contributed by atoms with Gasteiger partial charge in [0, 0.05) is 11.3 Å². The third kappa shape index (κ3) is 3.69. The second-order valence-electron chi connectivity index (χ2n) is 3.36. The maximum Gasteiger partial charge on any atom is 0.405 e. The van der Waals surface area contributed by atoms with E-state index >= 15 is 0 Å². The Morgan fingerprint density at radius 3 is 2.50 bits per heavy atom. The van der Waals surface area contributed by atoms with Crippen molar-refractivity contribution in [3.63, 3.8) is 0 Å². The average molecular weight is 248 g/mol. The first-order valence-electron chi connectivity index (χ1n) is 4.50. The summed E-state index contributed by atoms with van der Waals surface area (Å²) in [5.41, 5.74) is 7.26. The van der Waals surface area contributed by atoms with Gasteiger partial charge in [0.2, 0.25) is 0 Å². The van der Waals surface area contributed by atoms with Crippen LogP contribution in [0.5, 0.6) is 0 Å². The van der Waals surface area contributed by atoms with E-state index in [0.29, 0.717) is 11.3 Å². The Morgan fingerprint density at radius 2 is 2.06 bits per heavy atom. The van der Waals surface area contributed by atoms with Gasteiger partial charge in [-0.25, -0.2) is 0 Å². The fraction of sp³-hybridized carbons (Fsp3) is 0.300. The summed E-state index contributed by atoms with van der Waals surface area (Å²) >= 11 is 4.79. The van der Waals surface area contributed by atoms with E-state index in [1.165, 1.54) is 6.07 Å². The zero-order valence-corrected chi connectivity index (χ0v) is 9.38. The Kier molecular flexibility index (Phi) is 3.74. The number of hydrogen-bond donors (Lipinski definition) is 2.